The first kappa shape index (κ1) is 16.0. The molecule has 20 heavy (non-hydrogen) atoms. The van der Waals surface area contributed by atoms with Crippen LogP contribution in [0, 0.1) is 9.49 Å². The van der Waals surface area contributed by atoms with Crippen molar-refractivity contribution in [3.8, 4) is 11.4 Å². The molecule has 0 aliphatic carbocycles. The summed E-state index contributed by atoms with van der Waals surface area (Å²) >= 11 is 10.2. The average molecular weight is 419 g/mol. The van der Waals surface area contributed by atoms with Crippen LogP contribution in [0.25, 0.3) is 11.4 Å². The lowest BCUT2D eigenvalue weighted by atomic mass is 10.1. The Hall–Kier alpha value is -0.330. The van der Waals surface area contributed by atoms with Crippen LogP contribution in [-0.4, -0.2) is 16.2 Å². The Morgan fingerprint density at radius 2 is 1.85 bits per heavy atom. The van der Waals surface area contributed by atoms with Gasteiger partial charge in [-0.25, -0.2) is 9.97 Å². The summed E-state index contributed by atoms with van der Waals surface area (Å²) in [5, 5.41) is 0.542. The zero-order valence-corrected chi connectivity index (χ0v) is 15.4. The van der Waals surface area contributed by atoms with Crippen LogP contribution >= 0.6 is 46.0 Å². The van der Waals surface area contributed by atoms with Crippen LogP contribution in [0.4, 0.5) is 0 Å². The number of hydrogen-bond donors (Lipinski definition) is 0. The predicted octanol–water partition coefficient (Wildman–Crippen LogP) is 5.32. The minimum Gasteiger partial charge on any atom is -0.232 e. The second-order valence-corrected chi connectivity index (χ2v) is 7.24. The number of hydrogen-bond acceptors (Lipinski definition) is 3. The van der Waals surface area contributed by atoms with Gasteiger partial charge in [-0.3, -0.25) is 0 Å². The van der Waals surface area contributed by atoms with E-state index >= 15 is 0 Å². The minimum absolute atomic E-state index is 0.542. The van der Waals surface area contributed by atoms with Crippen molar-refractivity contribution in [3.05, 3.63) is 38.7 Å². The summed E-state index contributed by atoms with van der Waals surface area (Å²) in [6.07, 6.45) is 2.98. The SMILES string of the molecule is CSc1ccc(-c2nc(Cl)c(I)c(CC(C)C)n2)cc1. The maximum absolute atomic E-state index is 6.25. The van der Waals surface area contributed by atoms with Gasteiger partial charge in [0.25, 0.3) is 0 Å². The van der Waals surface area contributed by atoms with Gasteiger partial charge >= 0.3 is 0 Å². The van der Waals surface area contributed by atoms with E-state index in [1.54, 1.807) is 11.8 Å². The zero-order chi connectivity index (χ0) is 14.7. The van der Waals surface area contributed by atoms with Crippen molar-refractivity contribution < 1.29 is 0 Å². The number of halogens is 2. The highest BCUT2D eigenvalue weighted by atomic mass is 127. The summed E-state index contributed by atoms with van der Waals surface area (Å²) in [6, 6.07) is 8.25. The van der Waals surface area contributed by atoms with Crippen LogP contribution in [0.1, 0.15) is 19.5 Å². The van der Waals surface area contributed by atoms with Gasteiger partial charge in [-0.2, -0.15) is 0 Å². The summed E-state index contributed by atoms with van der Waals surface area (Å²) in [4.78, 5) is 10.3. The molecule has 2 aromatic rings. The quantitative estimate of drug-likeness (QED) is 0.382. The molecule has 0 aliphatic rings. The number of aromatic nitrogens is 2. The largest absolute Gasteiger partial charge is 0.232 e. The van der Waals surface area contributed by atoms with E-state index in [1.807, 2.05) is 12.1 Å². The van der Waals surface area contributed by atoms with Crippen LogP contribution in [0.3, 0.4) is 0 Å². The number of rotatable bonds is 4. The van der Waals surface area contributed by atoms with Crippen molar-refractivity contribution in [2.75, 3.05) is 6.26 Å². The molecule has 0 saturated carbocycles. The highest BCUT2D eigenvalue weighted by molar-refractivity contribution is 14.1. The van der Waals surface area contributed by atoms with E-state index in [9.17, 15) is 0 Å². The van der Waals surface area contributed by atoms with E-state index < -0.39 is 0 Å². The summed E-state index contributed by atoms with van der Waals surface area (Å²) in [6.45, 7) is 4.36. The van der Waals surface area contributed by atoms with Gasteiger partial charge in [-0.1, -0.05) is 37.6 Å². The fourth-order valence-corrected chi connectivity index (χ4v) is 2.91. The highest BCUT2D eigenvalue weighted by Gasteiger charge is 2.13. The molecule has 1 aromatic carbocycles. The molecule has 1 heterocycles. The van der Waals surface area contributed by atoms with Crippen molar-refractivity contribution in [1.82, 2.24) is 9.97 Å². The maximum atomic E-state index is 6.25. The second kappa shape index (κ2) is 7.09. The Morgan fingerprint density at radius 3 is 2.40 bits per heavy atom. The summed E-state index contributed by atoms with van der Waals surface area (Å²) < 4.78 is 0.961. The van der Waals surface area contributed by atoms with Gasteiger partial charge in [0, 0.05) is 10.5 Å². The van der Waals surface area contributed by atoms with Crippen LogP contribution in [-0.2, 0) is 6.42 Å². The highest BCUT2D eigenvalue weighted by Crippen LogP contribution is 2.26. The fourth-order valence-electron chi connectivity index (χ4n) is 1.85. The molecule has 1 aromatic heterocycles. The Morgan fingerprint density at radius 1 is 1.20 bits per heavy atom. The monoisotopic (exact) mass is 418 g/mol. The molecule has 0 unspecified atom stereocenters. The molecule has 0 atom stereocenters. The van der Waals surface area contributed by atoms with Crippen molar-refractivity contribution in [2.45, 2.75) is 25.2 Å². The Kier molecular flexibility index (Phi) is 5.69. The molecule has 0 amide bonds. The standard InChI is InChI=1S/C15H16ClIN2S/c1-9(2)8-12-13(17)14(16)19-15(18-12)10-4-6-11(20-3)7-5-10/h4-7,9H,8H2,1-3H3. The molecule has 0 saturated heterocycles. The van der Waals surface area contributed by atoms with Crippen LogP contribution < -0.4 is 0 Å². The van der Waals surface area contributed by atoms with Gasteiger partial charge in [-0.15, -0.1) is 11.8 Å². The normalized spacial score (nSPS) is 11.1. The van der Waals surface area contributed by atoms with Gasteiger partial charge in [-0.05, 0) is 53.3 Å². The van der Waals surface area contributed by atoms with Crippen molar-refractivity contribution in [3.63, 3.8) is 0 Å². The van der Waals surface area contributed by atoms with Crippen LogP contribution in [0.15, 0.2) is 29.2 Å². The van der Waals surface area contributed by atoms with Crippen LogP contribution in [0.2, 0.25) is 5.15 Å². The van der Waals surface area contributed by atoms with Crippen molar-refractivity contribution >= 4 is 46.0 Å². The van der Waals surface area contributed by atoms with E-state index in [-0.39, 0.29) is 0 Å². The Balaban J connectivity index is 2.42. The molecular weight excluding hydrogens is 403 g/mol. The topological polar surface area (TPSA) is 25.8 Å². The molecule has 2 nitrogen and oxygen atoms in total. The van der Waals surface area contributed by atoms with Gasteiger partial charge in [0.1, 0.15) is 5.15 Å². The summed E-state index contributed by atoms with van der Waals surface area (Å²) in [5.41, 5.74) is 2.04. The summed E-state index contributed by atoms with van der Waals surface area (Å²) in [7, 11) is 0. The van der Waals surface area contributed by atoms with Gasteiger partial charge in [0.15, 0.2) is 5.82 Å². The zero-order valence-electron chi connectivity index (χ0n) is 11.7. The lowest BCUT2D eigenvalue weighted by Crippen LogP contribution is -2.04. The molecule has 0 aliphatic heterocycles. The number of thioether (sulfide) groups is 1. The molecular formula is C15H16ClIN2S. The fraction of sp³-hybridized carbons (Fsp3) is 0.333. The van der Waals surface area contributed by atoms with E-state index in [1.165, 1.54) is 4.90 Å². The van der Waals surface area contributed by atoms with Gasteiger partial charge < -0.3 is 0 Å². The van der Waals surface area contributed by atoms with Gasteiger partial charge in [0.05, 0.1) is 9.26 Å². The molecule has 0 radical (unpaired) electrons. The van der Waals surface area contributed by atoms with Crippen molar-refractivity contribution in [1.29, 1.82) is 0 Å². The van der Waals surface area contributed by atoms with Crippen LogP contribution in [0.5, 0.6) is 0 Å². The third-order valence-corrected chi connectivity index (χ3v) is 5.30. The molecule has 0 fully saturated rings. The molecule has 106 valence electrons. The molecule has 5 heteroatoms. The first-order chi connectivity index (χ1) is 9.51. The van der Waals surface area contributed by atoms with E-state index in [2.05, 4.69) is 64.8 Å². The van der Waals surface area contributed by atoms with E-state index in [4.69, 9.17) is 11.6 Å². The average Bonchev–Trinajstić information content (AvgIpc) is 2.43. The molecule has 0 spiro atoms. The van der Waals surface area contributed by atoms with Crippen molar-refractivity contribution in [2.24, 2.45) is 5.92 Å². The number of benzene rings is 1. The number of nitrogens with zero attached hydrogens (tertiary/aromatic N) is 2. The molecule has 0 N–H and O–H groups in total. The third-order valence-electron chi connectivity index (χ3n) is 2.83. The second-order valence-electron chi connectivity index (χ2n) is 4.93. The van der Waals surface area contributed by atoms with E-state index in [0.29, 0.717) is 16.9 Å². The lowest BCUT2D eigenvalue weighted by Gasteiger charge is -2.10. The predicted molar refractivity (Wildman–Crippen MR) is 95.5 cm³/mol. The third kappa shape index (κ3) is 3.86. The first-order valence-electron chi connectivity index (χ1n) is 6.37. The minimum atomic E-state index is 0.542. The maximum Gasteiger partial charge on any atom is 0.161 e. The lowest BCUT2D eigenvalue weighted by molar-refractivity contribution is 0.632. The smallest absolute Gasteiger partial charge is 0.161 e. The first-order valence-corrected chi connectivity index (χ1v) is 9.05. The Labute approximate surface area is 142 Å². The van der Waals surface area contributed by atoms with Gasteiger partial charge in [0.2, 0.25) is 0 Å². The summed E-state index contributed by atoms with van der Waals surface area (Å²) in [5.74, 6) is 1.25. The van der Waals surface area contributed by atoms with E-state index in [0.717, 1.165) is 21.2 Å². The Bertz CT molecular complexity index is 600. The molecule has 0 bridgehead atoms. The molecule has 2 rings (SSSR count).